The third kappa shape index (κ3) is 2.29. The van der Waals surface area contributed by atoms with E-state index in [1.807, 2.05) is 27.8 Å². The van der Waals surface area contributed by atoms with Crippen LogP contribution in [0, 0.1) is 20.8 Å². The molecule has 0 aliphatic carbocycles. The van der Waals surface area contributed by atoms with Gasteiger partial charge < -0.3 is 0 Å². The molecule has 0 aromatic carbocycles. The average Bonchev–Trinajstić information content (AvgIpc) is 2.73. The summed E-state index contributed by atoms with van der Waals surface area (Å²) in [6, 6.07) is 0. The number of rotatable bonds is 3. The Kier molecular flexibility index (Phi) is 3.11. The molecule has 0 fully saturated rings. The Morgan fingerprint density at radius 2 is 2.12 bits per heavy atom. The summed E-state index contributed by atoms with van der Waals surface area (Å²) in [5.74, 6) is 0.0874. The number of carbonyl (C=O) groups is 1. The molecule has 2 rings (SSSR count). The number of hydrogen-bond donors (Lipinski definition) is 0. The molecule has 5 heteroatoms. The quantitative estimate of drug-likeness (QED) is 0.784. The molecule has 0 atom stereocenters. The summed E-state index contributed by atoms with van der Waals surface area (Å²) in [6.07, 6.45) is 2.00. The van der Waals surface area contributed by atoms with E-state index in [0.29, 0.717) is 12.0 Å². The molecule has 17 heavy (non-hydrogen) atoms. The summed E-state index contributed by atoms with van der Waals surface area (Å²) in [5.41, 5.74) is 2.61. The normalized spacial score (nSPS) is 10.8. The molecular weight excluding hydrogens is 234 g/mol. The van der Waals surface area contributed by atoms with Crippen LogP contribution in [0.2, 0.25) is 0 Å². The van der Waals surface area contributed by atoms with Gasteiger partial charge in [-0.1, -0.05) is 0 Å². The second kappa shape index (κ2) is 4.41. The molecule has 0 N–H and O–H groups in total. The standard InChI is InChI=1S/C12H15N3OS/c1-7-9(3)17-12(14-7)5-11(16)10-6-13-15(4)8(10)2/h6H,5H2,1-4H3. The zero-order valence-corrected chi connectivity index (χ0v) is 11.3. The minimum atomic E-state index is 0.0874. The molecule has 0 amide bonds. The van der Waals surface area contributed by atoms with E-state index in [1.165, 1.54) is 4.88 Å². The van der Waals surface area contributed by atoms with Crippen molar-refractivity contribution in [2.75, 3.05) is 0 Å². The van der Waals surface area contributed by atoms with E-state index in [2.05, 4.69) is 10.1 Å². The molecule has 0 aliphatic heterocycles. The minimum Gasteiger partial charge on any atom is -0.294 e. The largest absolute Gasteiger partial charge is 0.294 e. The maximum absolute atomic E-state index is 12.1. The number of hydrogen-bond acceptors (Lipinski definition) is 4. The number of aromatic nitrogens is 3. The van der Waals surface area contributed by atoms with Gasteiger partial charge in [-0.3, -0.25) is 9.48 Å². The Morgan fingerprint density at radius 3 is 2.59 bits per heavy atom. The van der Waals surface area contributed by atoms with Crippen LogP contribution in [0.3, 0.4) is 0 Å². The number of carbonyl (C=O) groups excluding carboxylic acids is 1. The van der Waals surface area contributed by atoms with Crippen LogP contribution in [0.15, 0.2) is 6.20 Å². The van der Waals surface area contributed by atoms with E-state index in [0.717, 1.165) is 16.4 Å². The van der Waals surface area contributed by atoms with Crippen molar-refractivity contribution in [2.45, 2.75) is 27.2 Å². The van der Waals surface area contributed by atoms with Crippen LogP contribution in [0.4, 0.5) is 0 Å². The van der Waals surface area contributed by atoms with Gasteiger partial charge in [0.1, 0.15) is 5.01 Å². The molecule has 4 nitrogen and oxygen atoms in total. The van der Waals surface area contributed by atoms with Crippen LogP contribution in [0.25, 0.3) is 0 Å². The molecule has 0 saturated heterocycles. The second-order valence-electron chi connectivity index (χ2n) is 4.12. The topological polar surface area (TPSA) is 47.8 Å². The van der Waals surface area contributed by atoms with Gasteiger partial charge in [0.15, 0.2) is 5.78 Å². The Hall–Kier alpha value is -1.49. The lowest BCUT2D eigenvalue weighted by Gasteiger charge is -1.98. The summed E-state index contributed by atoms with van der Waals surface area (Å²) in [6.45, 7) is 5.89. The van der Waals surface area contributed by atoms with Crippen molar-refractivity contribution in [3.63, 3.8) is 0 Å². The molecular formula is C12H15N3OS. The average molecular weight is 249 g/mol. The zero-order chi connectivity index (χ0) is 12.6. The first-order chi connectivity index (χ1) is 7.99. The molecule has 2 aromatic rings. The van der Waals surface area contributed by atoms with Gasteiger partial charge in [0.05, 0.1) is 23.9 Å². The highest BCUT2D eigenvalue weighted by atomic mass is 32.1. The fourth-order valence-electron chi connectivity index (χ4n) is 1.62. The van der Waals surface area contributed by atoms with Gasteiger partial charge in [-0.25, -0.2) is 4.98 Å². The summed E-state index contributed by atoms with van der Waals surface area (Å²) in [7, 11) is 1.84. The van der Waals surface area contributed by atoms with Crippen molar-refractivity contribution < 1.29 is 4.79 Å². The summed E-state index contributed by atoms with van der Waals surface area (Å²) >= 11 is 1.59. The fourth-order valence-corrected chi connectivity index (χ4v) is 2.55. The summed E-state index contributed by atoms with van der Waals surface area (Å²) in [5, 5.41) is 4.96. The minimum absolute atomic E-state index is 0.0874. The highest BCUT2D eigenvalue weighted by molar-refractivity contribution is 7.11. The molecule has 0 spiro atoms. The van der Waals surface area contributed by atoms with Crippen LogP contribution in [-0.4, -0.2) is 20.5 Å². The Balaban J connectivity index is 2.20. The van der Waals surface area contributed by atoms with Crippen LogP contribution >= 0.6 is 11.3 Å². The number of aryl methyl sites for hydroxylation is 3. The van der Waals surface area contributed by atoms with Gasteiger partial charge >= 0.3 is 0 Å². The van der Waals surface area contributed by atoms with Crippen LogP contribution in [-0.2, 0) is 13.5 Å². The SMILES string of the molecule is Cc1nc(CC(=O)c2cnn(C)c2C)sc1C. The van der Waals surface area contributed by atoms with Crippen LogP contribution in [0.1, 0.15) is 31.6 Å². The van der Waals surface area contributed by atoms with Gasteiger partial charge in [0.2, 0.25) is 0 Å². The van der Waals surface area contributed by atoms with Crippen molar-refractivity contribution in [1.29, 1.82) is 0 Å². The molecule has 0 radical (unpaired) electrons. The van der Waals surface area contributed by atoms with E-state index in [-0.39, 0.29) is 5.78 Å². The van der Waals surface area contributed by atoms with Crippen molar-refractivity contribution >= 4 is 17.1 Å². The van der Waals surface area contributed by atoms with Gasteiger partial charge in [-0.2, -0.15) is 5.10 Å². The maximum atomic E-state index is 12.1. The maximum Gasteiger partial charge on any atom is 0.173 e. The molecule has 2 aromatic heterocycles. The molecule has 0 aliphatic rings. The third-order valence-corrected chi connectivity index (χ3v) is 3.99. The van der Waals surface area contributed by atoms with Crippen LogP contribution in [0.5, 0.6) is 0 Å². The van der Waals surface area contributed by atoms with Crippen molar-refractivity contribution in [3.05, 3.63) is 33.0 Å². The molecule has 0 saturated carbocycles. The number of ketones is 1. The fraction of sp³-hybridized carbons (Fsp3) is 0.417. The van der Waals surface area contributed by atoms with Gasteiger partial charge in [0.25, 0.3) is 0 Å². The Morgan fingerprint density at radius 1 is 1.41 bits per heavy atom. The lowest BCUT2D eigenvalue weighted by atomic mass is 10.1. The second-order valence-corrected chi connectivity index (χ2v) is 5.40. The van der Waals surface area contributed by atoms with Gasteiger partial charge in [-0.05, 0) is 20.8 Å². The Bertz CT molecular complexity index is 549. The first kappa shape index (κ1) is 12.0. The van der Waals surface area contributed by atoms with Crippen molar-refractivity contribution in [1.82, 2.24) is 14.8 Å². The first-order valence-electron chi connectivity index (χ1n) is 5.43. The van der Waals surface area contributed by atoms with Crippen LogP contribution < -0.4 is 0 Å². The van der Waals surface area contributed by atoms with E-state index < -0.39 is 0 Å². The number of nitrogens with zero attached hydrogens (tertiary/aromatic N) is 3. The lowest BCUT2D eigenvalue weighted by molar-refractivity contribution is 0.0992. The van der Waals surface area contributed by atoms with E-state index in [9.17, 15) is 4.79 Å². The van der Waals surface area contributed by atoms with Crippen molar-refractivity contribution in [3.8, 4) is 0 Å². The summed E-state index contributed by atoms with van der Waals surface area (Å²) < 4.78 is 1.71. The summed E-state index contributed by atoms with van der Waals surface area (Å²) in [4.78, 5) is 17.6. The highest BCUT2D eigenvalue weighted by Crippen LogP contribution is 2.19. The van der Waals surface area contributed by atoms with Crippen molar-refractivity contribution in [2.24, 2.45) is 7.05 Å². The molecule has 2 heterocycles. The van der Waals surface area contributed by atoms with E-state index in [1.54, 1.807) is 22.2 Å². The number of Topliss-reactive ketones (excluding diaryl/α,β-unsaturated/α-hetero) is 1. The van der Waals surface area contributed by atoms with Gasteiger partial charge in [-0.15, -0.1) is 11.3 Å². The molecule has 90 valence electrons. The van der Waals surface area contributed by atoms with E-state index in [4.69, 9.17) is 0 Å². The first-order valence-corrected chi connectivity index (χ1v) is 6.25. The zero-order valence-electron chi connectivity index (χ0n) is 10.4. The number of thiazole rings is 1. The predicted octanol–water partition coefficient (Wildman–Crippen LogP) is 2.23. The lowest BCUT2D eigenvalue weighted by Crippen LogP contribution is -2.05. The highest BCUT2D eigenvalue weighted by Gasteiger charge is 2.15. The monoisotopic (exact) mass is 249 g/mol. The predicted molar refractivity (Wildman–Crippen MR) is 67.6 cm³/mol. The van der Waals surface area contributed by atoms with E-state index >= 15 is 0 Å². The molecule has 0 bridgehead atoms. The third-order valence-electron chi connectivity index (χ3n) is 2.92. The smallest absolute Gasteiger partial charge is 0.173 e. The Labute approximate surface area is 104 Å². The van der Waals surface area contributed by atoms with Gasteiger partial charge in [0, 0.05) is 17.6 Å². The molecule has 0 unspecified atom stereocenters.